The first-order valence-corrected chi connectivity index (χ1v) is 12.0. The third-order valence-corrected chi connectivity index (χ3v) is 6.24. The topological polar surface area (TPSA) is 49.3 Å². The summed E-state index contributed by atoms with van der Waals surface area (Å²) in [5.41, 5.74) is 4.77. The molecule has 32 heavy (non-hydrogen) atoms. The molecule has 2 aromatic rings. The minimum absolute atomic E-state index is 0.259. The van der Waals surface area contributed by atoms with Crippen molar-refractivity contribution in [1.82, 2.24) is 14.9 Å². The van der Waals surface area contributed by atoms with Crippen molar-refractivity contribution >= 4 is 11.7 Å². The van der Waals surface area contributed by atoms with Crippen LogP contribution < -0.4 is 4.90 Å². The molecule has 5 heteroatoms. The Balaban J connectivity index is 1.72. The van der Waals surface area contributed by atoms with Gasteiger partial charge >= 0.3 is 0 Å². The molecule has 174 valence electrons. The average molecular weight is 437 g/mol. The Kier molecular flexibility index (Phi) is 7.58. The van der Waals surface area contributed by atoms with Crippen LogP contribution in [-0.4, -0.2) is 47.0 Å². The first-order valence-electron chi connectivity index (χ1n) is 12.0. The number of benzene rings is 1. The smallest absolute Gasteiger partial charge is 0.222 e. The molecule has 2 heterocycles. The van der Waals surface area contributed by atoms with Gasteiger partial charge < -0.3 is 9.80 Å². The molecule has 1 aliphatic heterocycles. The van der Waals surface area contributed by atoms with Gasteiger partial charge in [-0.05, 0) is 44.1 Å². The summed E-state index contributed by atoms with van der Waals surface area (Å²) in [6.07, 6.45) is 2.61. The van der Waals surface area contributed by atoms with Crippen LogP contribution in [0.25, 0.3) is 11.4 Å². The lowest BCUT2D eigenvalue weighted by Gasteiger charge is -2.37. The summed E-state index contributed by atoms with van der Waals surface area (Å²) in [6.45, 7) is 18.4. The number of anilines is 1. The molecule has 0 saturated carbocycles. The lowest BCUT2D eigenvalue weighted by Crippen LogP contribution is -2.49. The van der Waals surface area contributed by atoms with Crippen molar-refractivity contribution in [2.75, 3.05) is 31.1 Å². The molecule has 1 aromatic carbocycles. The molecule has 0 radical (unpaired) electrons. The van der Waals surface area contributed by atoms with Crippen LogP contribution in [0.15, 0.2) is 24.3 Å². The van der Waals surface area contributed by atoms with E-state index in [2.05, 4.69) is 77.6 Å². The third-order valence-electron chi connectivity index (χ3n) is 6.24. The zero-order valence-electron chi connectivity index (χ0n) is 21.0. The van der Waals surface area contributed by atoms with Gasteiger partial charge in [0.15, 0.2) is 5.82 Å². The fourth-order valence-electron chi connectivity index (χ4n) is 4.88. The molecule has 0 bridgehead atoms. The Labute approximate surface area is 194 Å². The molecule has 1 aliphatic rings. The number of nitrogens with zero attached hydrogens (tertiary/aromatic N) is 4. The monoisotopic (exact) mass is 436 g/mol. The molecule has 3 rings (SSSR count). The number of amides is 1. The van der Waals surface area contributed by atoms with Gasteiger partial charge in [-0.3, -0.25) is 4.79 Å². The van der Waals surface area contributed by atoms with E-state index >= 15 is 0 Å². The van der Waals surface area contributed by atoms with Crippen LogP contribution in [0, 0.1) is 25.2 Å². The number of hydrogen-bond donors (Lipinski definition) is 0. The van der Waals surface area contributed by atoms with Gasteiger partial charge in [0.1, 0.15) is 5.82 Å². The molecule has 5 nitrogen and oxygen atoms in total. The highest BCUT2D eigenvalue weighted by Gasteiger charge is 2.26. The molecule has 1 amide bonds. The number of rotatable bonds is 6. The second-order valence-corrected chi connectivity index (χ2v) is 10.6. The van der Waals surface area contributed by atoms with Crippen molar-refractivity contribution < 1.29 is 4.79 Å². The van der Waals surface area contributed by atoms with Crippen LogP contribution >= 0.6 is 0 Å². The Hall–Kier alpha value is -2.43. The minimum Gasteiger partial charge on any atom is -0.353 e. The molecule has 0 spiro atoms. The van der Waals surface area contributed by atoms with E-state index in [4.69, 9.17) is 9.97 Å². The molecular formula is C27H40N4O. The van der Waals surface area contributed by atoms with Gasteiger partial charge in [0.2, 0.25) is 5.91 Å². The maximum Gasteiger partial charge on any atom is 0.222 e. The summed E-state index contributed by atoms with van der Waals surface area (Å²) in [5.74, 6) is 2.52. The van der Waals surface area contributed by atoms with Gasteiger partial charge in [-0.2, -0.15) is 0 Å². The zero-order chi connectivity index (χ0) is 23.5. The van der Waals surface area contributed by atoms with E-state index in [1.54, 1.807) is 0 Å². The average Bonchev–Trinajstić information content (AvgIpc) is 2.71. The predicted molar refractivity (Wildman–Crippen MR) is 133 cm³/mol. The molecule has 1 atom stereocenters. The summed E-state index contributed by atoms with van der Waals surface area (Å²) in [7, 11) is 0. The number of piperazine rings is 1. The van der Waals surface area contributed by atoms with Gasteiger partial charge in [-0.15, -0.1) is 0 Å². The summed E-state index contributed by atoms with van der Waals surface area (Å²) < 4.78 is 0. The van der Waals surface area contributed by atoms with E-state index in [1.807, 2.05) is 4.90 Å². The van der Waals surface area contributed by atoms with Crippen molar-refractivity contribution in [3.8, 4) is 11.4 Å². The standard InChI is InChI=1S/C27H40N4O/c1-8-23-21(4)28-25(22-11-9-10-19(2)16-22)29-26(23)31-14-12-30(13-15-31)24(32)17-20(3)18-27(5,6)7/h9-11,16,20H,8,12-15,17-18H2,1-7H3. The van der Waals surface area contributed by atoms with Crippen LogP contribution in [-0.2, 0) is 11.2 Å². The fraction of sp³-hybridized carbons (Fsp3) is 0.593. The van der Waals surface area contributed by atoms with Crippen molar-refractivity contribution in [3.05, 3.63) is 41.1 Å². The third kappa shape index (κ3) is 6.08. The molecule has 1 unspecified atom stereocenters. The number of hydrogen-bond acceptors (Lipinski definition) is 4. The minimum atomic E-state index is 0.259. The first-order chi connectivity index (χ1) is 15.1. The molecule has 1 aromatic heterocycles. The highest BCUT2D eigenvalue weighted by Crippen LogP contribution is 2.28. The first kappa shape index (κ1) is 24.2. The van der Waals surface area contributed by atoms with Gasteiger partial charge in [0.05, 0.1) is 0 Å². The van der Waals surface area contributed by atoms with E-state index in [1.165, 1.54) is 11.1 Å². The molecular weight excluding hydrogens is 396 g/mol. The second-order valence-electron chi connectivity index (χ2n) is 10.6. The molecule has 0 N–H and O–H groups in total. The summed E-state index contributed by atoms with van der Waals surface area (Å²) >= 11 is 0. The van der Waals surface area contributed by atoms with E-state index in [-0.39, 0.29) is 11.3 Å². The van der Waals surface area contributed by atoms with Crippen molar-refractivity contribution in [3.63, 3.8) is 0 Å². The Morgan fingerprint density at radius 2 is 1.78 bits per heavy atom. The van der Waals surface area contributed by atoms with E-state index in [0.717, 1.165) is 61.9 Å². The highest BCUT2D eigenvalue weighted by atomic mass is 16.2. The van der Waals surface area contributed by atoms with Crippen molar-refractivity contribution in [1.29, 1.82) is 0 Å². The van der Waals surface area contributed by atoms with Gasteiger partial charge in [0.25, 0.3) is 0 Å². The van der Waals surface area contributed by atoms with Crippen LogP contribution in [0.4, 0.5) is 5.82 Å². The second kappa shape index (κ2) is 10.0. The normalized spacial score (nSPS) is 15.7. The van der Waals surface area contributed by atoms with E-state index < -0.39 is 0 Å². The van der Waals surface area contributed by atoms with Gasteiger partial charge in [-0.25, -0.2) is 9.97 Å². The van der Waals surface area contributed by atoms with Crippen LogP contribution in [0.5, 0.6) is 0 Å². The molecule has 0 aliphatic carbocycles. The van der Waals surface area contributed by atoms with Gasteiger partial charge in [-0.1, -0.05) is 58.4 Å². The summed E-state index contributed by atoms with van der Waals surface area (Å²) in [5, 5.41) is 0. The number of aromatic nitrogens is 2. The Morgan fingerprint density at radius 3 is 2.38 bits per heavy atom. The molecule has 1 fully saturated rings. The molecule has 1 saturated heterocycles. The maximum absolute atomic E-state index is 12.9. The zero-order valence-corrected chi connectivity index (χ0v) is 21.0. The van der Waals surface area contributed by atoms with E-state index in [0.29, 0.717) is 12.3 Å². The lowest BCUT2D eigenvalue weighted by atomic mass is 9.84. The van der Waals surface area contributed by atoms with Gasteiger partial charge in [0, 0.05) is 49.4 Å². The van der Waals surface area contributed by atoms with Crippen LogP contribution in [0.3, 0.4) is 0 Å². The van der Waals surface area contributed by atoms with E-state index in [9.17, 15) is 4.79 Å². The number of carbonyl (C=O) groups excluding carboxylic acids is 1. The maximum atomic E-state index is 12.9. The quantitative estimate of drug-likeness (QED) is 0.605. The summed E-state index contributed by atoms with van der Waals surface area (Å²) in [6, 6.07) is 8.37. The lowest BCUT2D eigenvalue weighted by molar-refractivity contribution is -0.132. The number of aryl methyl sites for hydroxylation is 2. The number of carbonyl (C=O) groups is 1. The fourth-order valence-corrected chi connectivity index (χ4v) is 4.88. The van der Waals surface area contributed by atoms with Crippen LogP contribution in [0.2, 0.25) is 0 Å². The predicted octanol–water partition coefficient (Wildman–Crippen LogP) is 5.43. The van der Waals surface area contributed by atoms with Crippen LogP contribution in [0.1, 0.15) is 64.3 Å². The summed E-state index contributed by atoms with van der Waals surface area (Å²) in [4.78, 5) is 27.1. The highest BCUT2D eigenvalue weighted by molar-refractivity contribution is 5.76. The Morgan fingerprint density at radius 1 is 1.09 bits per heavy atom. The Bertz CT molecular complexity index is 939. The SMILES string of the molecule is CCc1c(C)nc(-c2cccc(C)c2)nc1N1CCN(C(=O)CC(C)CC(C)(C)C)CC1. The largest absolute Gasteiger partial charge is 0.353 e. The van der Waals surface area contributed by atoms with Crippen molar-refractivity contribution in [2.45, 2.75) is 67.7 Å². The van der Waals surface area contributed by atoms with Crippen molar-refractivity contribution in [2.24, 2.45) is 11.3 Å².